The maximum Gasteiger partial charge on any atom is 0.0702 e. The number of rotatable bonds is 5. The lowest BCUT2D eigenvalue weighted by Gasteiger charge is -2.19. The summed E-state index contributed by atoms with van der Waals surface area (Å²) in [6.07, 6.45) is 4.07. The minimum absolute atomic E-state index is 0.964. The quantitative estimate of drug-likeness (QED) is 0.171. The molecule has 0 aliphatic heterocycles. The van der Waals surface area contributed by atoms with Gasteiger partial charge in [-0.3, -0.25) is 9.97 Å². The van der Waals surface area contributed by atoms with Crippen molar-refractivity contribution in [1.82, 2.24) is 9.97 Å². The van der Waals surface area contributed by atoms with Gasteiger partial charge in [0.15, 0.2) is 0 Å². The second-order valence-corrected chi connectivity index (χ2v) is 14.0. The third kappa shape index (κ3) is 5.10. The van der Waals surface area contributed by atoms with E-state index in [2.05, 4.69) is 158 Å². The van der Waals surface area contributed by atoms with Crippen molar-refractivity contribution in [2.45, 2.75) is 0 Å². The van der Waals surface area contributed by atoms with Crippen molar-refractivity contribution in [3.05, 3.63) is 182 Å². The zero-order chi connectivity index (χ0) is 33.7. The Morgan fingerprint density at radius 3 is 1.33 bits per heavy atom. The molecule has 10 rings (SSSR count). The minimum atomic E-state index is 0.964. The van der Waals surface area contributed by atoms with Gasteiger partial charge in [-0.2, -0.15) is 0 Å². The van der Waals surface area contributed by atoms with Crippen molar-refractivity contribution in [3.63, 3.8) is 0 Å². The first-order valence-electron chi connectivity index (χ1n) is 17.2. The molecule has 7 aromatic carbocycles. The summed E-state index contributed by atoms with van der Waals surface area (Å²) in [7, 11) is 0. The lowest BCUT2D eigenvalue weighted by Crippen LogP contribution is -1.93. The number of thiophene rings is 1. The van der Waals surface area contributed by atoms with Gasteiger partial charge in [0, 0.05) is 54.8 Å². The fraction of sp³-hybridized carbons (Fsp3) is 0. The van der Waals surface area contributed by atoms with E-state index in [1.54, 1.807) is 0 Å². The normalized spacial score (nSPS) is 11.5. The number of aromatic nitrogens is 2. The van der Waals surface area contributed by atoms with E-state index in [0.29, 0.717) is 0 Å². The molecule has 2 nitrogen and oxygen atoms in total. The SMILES string of the molecule is c1ccc(-c2ccc(-c3c4ccccc4c(-c4ccc(-c5ccccc5)nc4)c4cc(-c5ccc6sc7ccccc7c6c5)ccc34)cn2)cc1. The van der Waals surface area contributed by atoms with E-state index in [9.17, 15) is 0 Å². The van der Waals surface area contributed by atoms with Gasteiger partial charge < -0.3 is 0 Å². The molecule has 238 valence electrons. The molecule has 3 heterocycles. The number of hydrogen-bond acceptors (Lipinski definition) is 3. The van der Waals surface area contributed by atoms with Gasteiger partial charge in [0.2, 0.25) is 0 Å². The van der Waals surface area contributed by atoms with Crippen LogP contribution in [-0.4, -0.2) is 9.97 Å². The molecule has 0 saturated carbocycles. The average Bonchev–Trinajstić information content (AvgIpc) is 3.59. The summed E-state index contributed by atoms with van der Waals surface area (Å²) in [5.74, 6) is 0. The summed E-state index contributed by atoms with van der Waals surface area (Å²) in [4.78, 5) is 9.95. The monoisotopic (exact) mass is 666 g/mol. The van der Waals surface area contributed by atoms with Crippen LogP contribution in [-0.2, 0) is 0 Å². The molecule has 0 fully saturated rings. The molecule has 0 unspecified atom stereocenters. The molecule has 51 heavy (non-hydrogen) atoms. The Kier molecular flexibility index (Phi) is 7.04. The highest BCUT2D eigenvalue weighted by molar-refractivity contribution is 7.25. The predicted octanol–water partition coefficient (Wildman–Crippen LogP) is 13.5. The molecule has 0 radical (unpaired) electrons. The van der Waals surface area contributed by atoms with E-state index in [1.807, 2.05) is 35.9 Å². The Labute approximate surface area is 300 Å². The molecule has 0 aliphatic rings. The van der Waals surface area contributed by atoms with Crippen LogP contribution in [0.4, 0.5) is 0 Å². The van der Waals surface area contributed by atoms with Crippen LogP contribution < -0.4 is 0 Å². The van der Waals surface area contributed by atoms with Gasteiger partial charge in [0.05, 0.1) is 11.4 Å². The molecule has 0 aliphatic carbocycles. The lowest BCUT2D eigenvalue weighted by atomic mass is 9.85. The van der Waals surface area contributed by atoms with E-state index >= 15 is 0 Å². The molecule has 3 heteroatoms. The smallest absolute Gasteiger partial charge is 0.0702 e. The van der Waals surface area contributed by atoms with Crippen LogP contribution in [0.15, 0.2) is 182 Å². The third-order valence-electron chi connectivity index (χ3n) is 9.98. The zero-order valence-corrected chi connectivity index (χ0v) is 28.4. The summed E-state index contributed by atoms with van der Waals surface area (Å²) >= 11 is 1.85. The van der Waals surface area contributed by atoms with Gasteiger partial charge >= 0.3 is 0 Å². The number of nitrogens with zero attached hydrogens (tertiary/aromatic N) is 2. The molecule has 0 bridgehead atoms. The number of pyridine rings is 2. The maximum absolute atomic E-state index is 4.99. The van der Waals surface area contributed by atoms with Crippen LogP contribution >= 0.6 is 11.3 Å². The fourth-order valence-corrected chi connectivity index (χ4v) is 8.61. The molecular weight excluding hydrogens is 637 g/mol. The van der Waals surface area contributed by atoms with Crippen molar-refractivity contribution >= 4 is 53.1 Å². The van der Waals surface area contributed by atoms with E-state index in [4.69, 9.17) is 9.97 Å². The Bertz CT molecular complexity index is 2870. The summed E-state index contributed by atoms with van der Waals surface area (Å²) in [5.41, 5.74) is 11.1. The van der Waals surface area contributed by atoms with Crippen molar-refractivity contribution in [3.8, 4) is 55.9 Å². The van der Waals surface area contributed by atoms with E-state index < -0.39 is 0 Å². The Hall–Kier alpha value is -6.42. The summed E-state index contributed by atoms with van der Waals surface area (Å²) < 4.78 is 2.63. The molecule has 3 aromatic heterocycles. The summed E-state index contributed by atoms with van der Waals surface area (Å²) in [6, 6.07) is 60.8. The largest absolute Gasteiger partial charge is 0.256 e. The summed E-state index contributed by atoms with van der Waals surface area (Å²) in [6.45, 7) is 0. The molecular formula is C48H30N2S. The van der Waals surface area contributed by atoms with Gasteiger partial charge in [-0.05, 0) is 80.2 Å². The Morgan fingerprint density at radius 2 is 0.745 bits per heavy atom. The molecule has 0 N–H and O–H groups in total. The van der Waals surface area contributed by atoms with Crippen molar-refractivity contribution in [2.24, 2.45) is 0 Å². The number of hydrogen-bond donors (Lipinski definition) is 0. The molecule has 0 atom stereocenters. The van der Waals surface area contributed by atoms with Gasteiger partial charge in [0.25, 0.3) is 0 Å². The standard InChI is InChI=1S/C48H30N2S/c1-3-11-31(12-4-1)43-24-20-35(29-49-43)47-38-16-7-8-17-39(38)48(36-21-25-44(50-30-36)32-13-5-2-6-14-32)42-28-33(19-23-40(42)47)34-22-26-46-41(27-34)37-15-9-10-18-45(37)51-46/h1-30H. The Balaban J connectivity index is 1.22. The number of fused-ring (bicyclic) bond motifs is 5. The van der Waals surface area contributed by atoms with Gasteiger partial charge in [0.1, 0.15) is 0 Å². The van der Waals surface area contributed by atoms with E-state index in [0.717, 1.165) is 33.6 Å². The van der Waals surface area contributed by atoms with E-state index in [1.165, 1.54) is 64.0 Å². The molecule has 10 aromatic rings. The van der Waals surface area contributed by atoms with Gasteiger partial charge in [-0.1, -0.05) is 133 Å². The lowest BCUT2D eigenvalue weighted by molar-refractivity contribution is 1.33. The second-order valence-electron chi connectivity index (χ2n) is 13.0. The van der Waals surface area contributed by atoms with Crippen LogP contribution in [0.5, 0.6) is 0 Å². The van der Waals surface area contributed by atoms with E-state index in [-0.39, 0.29) is 0 Å². The zero-order valence-electron chi connectivity index (χ0n) is 27.6. The maximum atomic E-state index is 4.99. The first kappa shape index (κ1) is 29.5. The van der Waals surface area contributed by atoms with Crippen LogP contribution in [0.1, 0.15) is 0 Å². The minimum Gasteiger partial charge on any atom is -0.256 e. The summed E-state index contributed by atoms with van der Waals surface area (Å²) in [5, 5.41) is 7.38. The van der Waals surface area contributed by atoms with Crippen LogP contribution in [0.3, 0.4) is 0 Å². The van der Waals surface area contributed by atoms with Gasteiger partial charge in [-0.25, -0.2) is 0 Å². The average molecular weight is 667 g/mol. The predicted molar refractivity (Wildman–Crippen MR) is 217 cm³/mol. The van der Waals surface area contributed by atoms with Crippen LogP contribution in [0.2, 0.25) is 0 Å². The van der Waals surface area contributed by atoms with Crippen molar-refractivity contribution in [2.75, 3.05) is 0 Å². The van der Waals surface area contributed by atoms with Gasteiger partial charge in [-0.15, -0.1) is 11.3 Å². The fourth-order valence-electron chi connectivity index (χ4n) is 7.53. The van der Waals surface area contributed by atoms with Crippen LogP contribution in [0, 0.1) is 0 Å². The molecule has 0 amide bonds. The van der Waals surface area contributed by atoms with Crippen molar-refractivity contribution < 1.29 is 0 Å². The van der Waals surface area contributed by atoms with Crippen LogP contribution in [0.25, 0.3) is 97.6 Å². The highest BCUT2D eigenvalue weighted by Gasteiger charge is 2.19. The first-order chi connectivity index (χ1) is 25.3. The van der Waals surface area contributed by atoms with Crippen molar-refractivity contribution in [1.29, 1.82) is 0 Å². The highest BCUT2D eigenvalue weighted by atomic mass is 32.1. The topological polar surface area (TPSA) is 25.8 Å². The molecule has 0 saturated heterocycles. The highest BCUT2D eigenvalue weighted by Crippen LogP contribution is 2.45. The second kappa shape index (κ2) is 12.2. The Morgan fingerprint density at radius 1 is 0.294 bits per heavy atom. The first-order valence-corrected chi connectivity index (χ1v) is 18.0. The number of benzene rings is 7. The molecule has 0 spiro atoms. The third-order valence-corrected chi connectivity index (χ3v) is 11.1.